The van der Waals surface area contributed by atoms with Gasteiger partial charge in [-0.3, -0.25) is 0 Å². The molecule has 0 aliphatic carbocycles. The first-order valence-electron chi connectivity index (χ1n) is 5.19. The van der Waals surface area contributed by atoms with E-state index in [0.29, 0.717) is 12.0 Å². The molecule has 1 N–H and O–H groups in total. The van der Waals surface area contributed by atoms with E-state index in [1.807, 2.05) is 0 Å². The first-order valence-corrected chi connectivity index (χ1v) is 6.36. The number of nitrogens with one attached hydrogen (secondary N) is 1. The Bertz CT molecular complexity index is 371. The predicted octanol–water partition coefficient (Wildman–Crippen LogP) is 2.73. The van der Waals surface area contributed by atoms with Crippen LogP contribution in [0.25, 0.3) is 0 Å². The smallest absolute Gasteiger partial charge is 0.224 e. The van der Waals surface area contributed by atoms with E-state index in [1.54, 1.807) is 6.20 Å². The lowest BCUT2D eigenvalue weighted by atomic mass is 10.0. The molecule has 0 radical (unpaired) electrons. The Morgan fingerprint density at radius 1 is 1.69 bits per heavy atom. The highest BCUT2D eigenvalue weighted by Gasteiger charge is 2.23. The summed E-state index contributed by atoms with van der Waals surface area (Å²) in [4.78, 5) is 8.03. The van der Waals surface area contributed by atoms with Crippen molar-refractivity contribution in [1.29, 1.82) is 0 Å². The van der Waals surface area contributed by atoms with Gasteiger partial charge in [0, 0.05) is 24.8 Å². The molecule has 2 rings (SSSR count). The fourth-order valence-electron chi connectivity index (χ4n) is 1.73. The van der Waals surface area contributed by atoms with Gasteiger partial charge in [0.1, 0.15) is 5.82 Å². The molecule has 1 aliphatic heterocycles. The minimum Gasteiger partial charge on any atom is -0.381 e. The Kier molecular flexibility index (Phi) is 4.00. The van der Waals surface area contributed by atoms with Gasteiger partial charge in [-0.05, 0) is 40.9 Å². The van der Waals surface area contributed by atoms with E-state index in [4.69, 9.17) is 16.3 Å². The fourth-order valence-corrected chi connectivity index (χ4v) is 2.17. The summed E-state index contributed by atoms with van der Waals surface area (Å²) in [5.74, 6) is 1.26. The maximum atomic E-state index is 5.75. The van der Waals surface area contributed by atoms with Crippen LogP contribution in [0.5, 0.6) is 0 Å². The lowest BCUT2D eigenvalue weighted by Crippen LogP contribution is -2.26. The van der Waals surface area contributed by atoms with Crippen molar-refractivity contribution < 1.29 is 4.74 Å². The Labute approximate surface area is 108 Å². The van der Waals surface area contributed by atoms with Crippen molar-refractivity contribution in [2.45, 2.75) is 19.4 Å². The van der Waals surface area contributed by atoms with Crippen molar-refractivity contribution in [2.75, 3.05) is 18.5 Å². The van der Waals surface area contributed by atoms with Crippen LogP contribution in [0.4, 0.5) is 5.82 Å². The monoisotopic (exact) mass is 305 g/mol. The van der Waals surface area contributed by atoms with Crippen LogP contribution in [0.1, 0.15) is 13.3 Å². The summed E-state index contributed by atoms with van der Waals surface area (Å²) in [5, 5.41) is 3.58. The molecule has 2 heterocycles. The van der Waals surface area contributed by atoms with E-state index >= 15 is 0 Å². The van der Waals surface area contributed by atoms with E-state index in [0.717, 1.165) is 29.9 Å². The van der Waals surface area contributed by atoms with Crippen LogP contribution in [0.3, 0.4) is 0 Å². The standard InChI is InChI=1S/C10H13BrClN3O/c1-6(7-2-3-16-5-7)14-9-8(11)4-13-10(12)15-9/h4,6-7H,2-3,5H2,1H3,(H,13,14,15). The van der Waals surface area contributed by atoms with Crippen LogP contribution in [0, 0.1) is 5.92 Å². The Balaban J connectivity index is 2.04. The van der Waals surface area contributed by atoms with Gasteiger partial charge in [0.2, 0.25) is 5.28 Å². The predicted molar refractivity (Wildman–Crippen MR) is 66.8 cm³/mol. The van der Waals surface area contributed by atoms with Crippen molar-refractivity contribution in [2.24, 2.45) is 5.92 Å². The largest absolute Gasteiger partial charge is 0.381 e. The molecule has 1 aromatic heterocycles. The number of hydrogen-bond acceptors (Lipinski definition) is 4. The third kappa shape index (κ3) is 2.84. The molecule has 0 spiro atoms. The summed E-state index contributed by atoms with van der Waals surface area (Å²) in [7, 11) is 0. The highest BCUT2D eigenvalue weighted by atomic mass is 79.9. The van der Waals surface area contributed by atoms with Gasteiger partial charge < -0.3 is 10.1 Å². The molecule has 0 aromatic carbocycles. The maximum Gasteiger partial charge on any atom is 0.224 e. The van der Waals surface area contributed by atoms with Crippen LogP contribution in [-0.4, -0.2) is 29.2 Å². The second kappa shape index (κ2) is 5.29. The van der Waals surface area contributed by atoms with Crippen LogP contribution in [0.15, 0.2) is 10.7 Å². The number of halogens is 2. The van der Waals surface area contributed by atoms with Crippen LogP contribution in [0.2, 0.25) is 5.28 Å². The maximum absolute atomic E-state index is 5.75. The number of aromatic nitrogens is 2. The zero-order chi connectivity index (χ0) is 11.5. The van der Waals surface area contributed by atoms with E-state index in [9.17, 15) is 0 Å². The zero-order valence-electron chi connectivity index (χ0n) is 8.91. The van der Waals surface area contributed by atoms with Gasteiger partial charge in [-0.25, -0.2) is 4.98 Å². The van der Waals surface area contributed by atoms with Crippen LogP contribution >= 0.6 is 27.5 Å². The fraction of sp³-hybridized carbons (Fsp3) is 0.600. The molecule has 16 heavy (non-hydrogen) atoms. The molecule has 1 aliphatic rings. The zero-order valence-corrected chi connectivity index (χ0v) is 11.3. The molecule has 1 fully saturated rings. The Morgan fingerprint density at radius 2 is 2.50 bits per heavy atom. The van der Waals surface area contributed by atoms with E-state index in [2.05, 4.69) is 38.1 Å². The van der Waals surface area contributed by atoms with Gasteiger partial charge >= 0.3 is 0 Å². The number of anilines is 1. The van der Waals surface area contributed by atoms with Gasteiger partial charge in [-0.2, -0.15) is 4.98 Å². The number of nitrogens with zero attached hydrogens (tertiary/aromatic N) is 2. The summed E-state index contributed by atoms with van der Waals surface area (Å²) in [6.45, 7) is 3.79. The SMILES string of the molecule is CC(Nc1nc(Cl)ncc1Br)C1CCOC1. The van der Waals surface area contributed by atoms with Gasteiger partial charge in [-0.15, -0.1) is 0 Å². The summed E-state index contributed by atoms with van der Waals surface area (Å²) < 4.78 is 6.18. The lowest BCUT2D eigenvalue weighted by Gasteiger charge is -2.20. The summed E-state index contributed by atoms with van der Waals surface area (Å²) >= 11 is 9.14. The van der Waals surface area contributed by atoms with Gasteiger partial charge in [0.05, 0.1) is 11.1 Å². The van der Waals surface area contributed by atoms with Crippen molar-refractivity contribution in [1.82, 2.24) is 9.97 Å². The summed E-state index contributed by atoms with van der Waals surface area (Å²) in [5.41, 5.74) is 0. The van der Waals surface area contributed by atoms with Gasteiger partial charge in [0.25, 0.3) is 0 Å². The lowest BCUT2D eigenvalue weighted by molar-refractivity contribution is 0.183. The number of hydrogen-bond donors (Lipinski definition) is 1. The van der Waals surface area contributed by atoms with Crippen molar-refractivity contribution >= 4 is 33.3 Å². The highest BCUT2D eigenvalue weighted by molar-refractivity contribution is 9.10. The minimum absolute atomic E-state index is 0.251. The molecule has 6 heteroatoms. The third-order valence-corrected chi connectivity index (χ3v) is 3.51. The van der Waals surface area contributed by atoms with Gasteiger partial charge in [-0.1, -0.05) is 0 Å². The summed E-state index contributed by atoms with van der Waals surface area (Å²) in [6.07, 6.45) is 2.74. The average Bonchev–Trinajstić information content (AvgIpc) is 2.76. The molecule has 1 saturated heterocycles. The molecular weight excluding hydrogens is 293 g/mol. The summed E-state index contributed by atoms with van der Waals surface area (Å²) in [6, 6.07) is 0.310. The molecule has 0 saturated carbocycles. The van der Waals surface area contributed by atoms with E-state index in [1.165, 1.54) is 0 Å². The van der Waals surface area contributed by atoms with Gasteiger partial charge in [0.15, 0.2) is 0 Å². The third-order valence-electron chi connectivity index (χ3n) is 2.75. The van der Waals surface area contributed by atoms with E-state index < -0.39 is 0 Å². The molecule has 4 nitrogen and oxygen atoms in total. The highest BCUT2D eigenvalue weighted by Crippen LogP contribution is 2.24. The second-order valence-corrected chi connectivity index (χ2v) is 5.08. The quantitative estimate of drug-likeness (QED) is 0.872. The first kappa shape index (κ1) is 12.1. The molecule has 0 bridgehead atoms. The number of ether oxygens (including phenoxy) is 1. The van der Waals surface area contributed by atoms with Crippen LogP contribution in [-0.2, 0) is 4.74 Å². The molecule has 2 atom stereocenters. The number of rotatable bonds is 3. The minimum atomic E-state index is 0.251. The van der Waals surface area contributed by atoms with Crippen LogP contribution < -0.4 is 5.32 Å². The molecular formula is C10H13BrClN3O. The molecule has 2 unspecified atom stereocenters. The Morgan fingerprint density at radius 3 is 3.19 bits per heavy atom. The van der Waals surface area contributed by atoms with Crippen molar-refractivity contribution in [3.8, 4) is 0 Å². The molecule has 88 valence electrons. The van der Waals surface area contributed by atoms with E-state index in [-0.39, 0.29) is 5.28 Å². The van der Waals surface area contributed by atoms with Crippen molar-refractivity contribution in [3.63, 3.8) is 0 Å². The Hall–Kier alpha value is -0.390. The second-order valence-electron chi connectivity index (χ2n) is 3.89. The normalized spacial score (nSPS) is 22.1. The first-order chi connectivity index (χ1) is 7.66. The topological polar surface area (TPSA) is 47.0 Å². The molecule has 1 aromatic rings. The average molecular weight is 307 g/mol. The molecule has 0 amide bonds. The van der Waals surface area contributed by atoms with Crippen molar-refractivity contribution in [3.05, 3.63) is 16.0 Å².